The Hall–Kier alpha value is -0.0800. The minimum Gasteiger partial charge on any atom is -0.390 e. The molecule has 1 rings (SSSR count). The highest BCUT2D eigenvalue weighted by atomic mass is 16.3. The molecule has 0 spiro atoms. The first-order chi connectivity index (χ1) is 3.54. The third kappa shape index (κ3) is 0.644. The molecule has 2 N–H and O–H groups in total. The zero-order valence-corrected chi connectivity index (χ0v) is 5.26. The van der Waals surface area contributed by atoms with Gasteiger partial charge in [0.15, 0.2) is 0 Å². The lowest BCUT2D eigenvalue weighted by Gasteiger charge is -2.45. The molecule has 0 radical (unpaired) electrons. The second kappa shape index (κ2) is 1.45. The van der Waals surface area contributed by atoms with Gasteiger partial charge in [-0.1, -0.05) is 13.8 Å². The average molecular weight is 116 g/mol. The molecule has 2 heteroatoms. The van der Waals surface area contributed by atoms with Crippen molar-refractivity contribution in [2.45, 2.75) is 32.5 Å². The molecule has 0 amide bonds. The van der Waals surface area contributed by atoms with E-state index in [4.69, 9.17) is 10.2 Å². The Morgan fingerprint density at radius 2 is 1.88 bits per heavy atom. The molecule has 0 saturated heterocycles. The van der Waals surface area contributed by atoms with Crippen molar-refractivity contribution in [2.24, 2.45) is 5.41 Å². The fourth-order valence-electron chi connectivity index (χ4n) is 1.13. The van der Waals surface area contributed by atoms with E-state index in [-0.39, 0.29) is 5.41 Å². The number of hydrogen-bond acceptors (Lipinski definition) is 2. The highest BCUT2D eigenvalue weighted by Gasteiger charge is 2.45. The standard InChI is InChI=1S/C6H12O2/c1-6(2)3-4(7)5(6)8/h4-5,7-8H,3H2,1-2H3/t4-,5-/m0/s1. The summed E-state index contributed by atoms with van der Waals surface area (Å²) in [4.78, 5) is 0. The summed E-state index contributed by atoms with van der Waals surface area (Å²) in [6, 6.07) is 0. The first kappa shape index (κ1) is 6.05. The summed E-state index contributed by atoms with van der Waals surface area (Å²) in [5.41, 5.74) is -0.0422. The fraction of sp³-hybridized carbons (Fsp3) is 1.00. The second-order valence-corrected chi connectivity index (χ2v) is 3.20. The molecule has 2 atom stereocenters. The van der Waals surface area contributed by atoms with E-state index in [1.54, 1.807) is 0 Å². The van der Waals surface area contributed by atoms with E-state index < -0.39 is 12.2 Å². The van der Waals surface area contributed by atoms with Crippen LogP contribution in [0, 0.1) is 5.41 Å². The molecule has 48 valence electrons. The van der Waals surface area contributed by atoms with Crippen LogP contribution in [0.15, 0.2) is 0 Å². The van der Waals surface area contributed by atoms with Gasteiger partial charge in [0.05, 0.1) is 12.2 Å². The Balaban J connectivity index is 2.47. The number of aliphatic hydroxyl groups is 2. The monoisotopic (exact) mass is 116 g/mol. The van der Waals surface area contributed by atoms with Crippen LogP contribution in [0.3, 0.4) is 0 Å². The van der Waals surface area contributed by atoms with Crippen LogP contribution in [-0.2, 0) is 0 Å². The third-order valence-electron chi connectivity index (χ3n) is 1.90. The molecule has 0 bridgehead atoms. The molecule has 0 aromatic rings. The summed E-state index contributed by atoms with van der Waals surface area (Å²) < 4.78 is 0. The van der Waals surface area contributed by atoms with E-state index in [0.717, 1.165) is 6.42 Å². The van der Waals surface area contributed by atoms with E-state index in [9.17, 15) is 0 Å². The lowest BCUT2D eigenvalue weighted by Crippen LogP contribution is -2.52. The molecule has 0 aromatic carbocycles. The van der Waals surface area contributed by atoms with Gasteiger partial charge in [0.1, 0.15) is 0 Å². The van der Waals surface area contributed by atoms with Crippen molar-refractivity contribution in [3.8, 4) is 0 Å². The molecule has 1 aliphatic rings. The minimum atomic E-state index is -0.498. The summed E-state index contributed by atoms with van der Waals surface area (Å²) in [6.07, 6.45) is -0.235. The summed E-state index contributed by atoms with van der Waals surface area (Å²) >= 11 is 0. The number of hydrogen-bond donors (Lipinski definition) is 2. The predicted molar refractivity (Wildman–Crippen MR) is 30.4 cm³/mol. The first-order valence-corrected chi connectivity index (χ1v) is 2.90. The van der Waals surface area contributed by atoms with Crippen LogP contribution in [0.2, 0.25) is 0 Å². The average Bonchev–Trinajstić information content (AvgIpc) is 1.65. The van der Waals surface area contributed by atoms with E-state index in [0.29, 0.717) is 0 Å². The Morgan fingerprint density at radius 3 is 1.88 bits per heavy atom. The van der Waals surface area contributed by atoms with E-state index in [1.807, 2.05) is 13.8 Å². The van der Waals surface area contributed by atoms with Gasteiger partial charge in [0.2, 0.25) is 0 Å². The molecule has 0 aliphatic heterocycles. The van der Waals surface area contributed by atoms with Crippen LogP contribution in [0.25, 0.3) is 0 Å². The van der Waals surface area contributed by atoms with Crippen LogP contribution >= 0.6 is 0 Å². The maximum absolute atomic E-state index is 8.99. The van der Waals surface area contributed by atoms with Crippen molar-refractivity contribution in [1.29, 1.82) is 0 Å². The molecule has 1 saturated carbocycles. The quantitative estimate of drug-likeness (QED) is 0.472. The zero-order valence-electron chi connectivity index (χ0n) is 5.26. The van der Waals surface area contributed by atoms with Gasteiger partial charge in [-0.3, -0.25) is 0 Å². The smallest absolute Gasteiger partial charge is 0.0851 e. The van der Waals surface area contributed by atoms with E-state index in [1.165, 1.54) is 0 Å². The number of rotatable bonds is 0. The molecule has 0 aromatic heterocycles. The lowest BCUT2D eigenvalue weighted by atomic mass is 9.67. The Kier molecular flexibility index (Phi) is 1.10. The molecule has 2 nitrogen and oxygen atoms in total. The third-order valence-corrected chi connectivity index (χ3v) is 1.90. The van der Waals surface area contributed by atoms with Crippen molar-refractivity contribution in [3.63, 3.8) is 0 Å². The minimum absolute atomic E-state index is 0.0422. The van der Waals surface area contributed by atoms with E-state index >= 15 is 0 Å². The van der Waals surface area contributed by atoms with Crippen molar-refractivity contribution >= 4 is 0 Å². The van der Waals surface area contributed by atoms with Crippen LogP contribution in [0.5, 0.6) is 0 Å². The van der Waals surface area contributed by atoms with E-state index in [2.05, 4.69) is 0 Å². The Morgan fingerprint density at radius 1 is 1.38 bits per heavy atom. The van der Waals surface area contributed by atoms with Crippen LogP contribution in [0.1, 0.15) is 20.3 Å². The molecule has 0 heterocycles. The maximum Gasteiger partial charge on any atom is 0.0851 e. The first-order valence-electron chi connectivity index (χ1n) is 2.90. The van der Waals surface area contributed by atoms with Gasteiger partial charge in [0.25, 0.3) is 0 Å². The highest BCUT2D eigenvalue weighted by Crippen LogP contribution is 2.39. The van der Waals surface area contributed by atoms with Crippen molar-refractivity contribution in [1.82, 2.24) is 0 Å². The fourth-order valence-corrected chi connectivity index (χ4v) is 1.13. The van der Waals surface area contributed by atoms with Crippen molar-refractivity contribution < 1.29 is 10.2 Å². The highest BCUT2D eigenvalue weighted by molar-refractivity contribution is 4.95. The summed E-state index contributed by atoms with van der Waals surface area (Å²) in [5, 5.41) is 17.8. The van der Waals surface area contributed by atoms with Gasteiger partial charge in [-0.15, -0.1) is 0 Å². The van der Waals surface area contributed by atoms with Crippen LogP contribution in [0.4, 0.5) is 0 Å². The normalized spacial score (nSPS) is 43.5. The van der Waals surface area contributed by atoms with Crippen molar-refractivity contribution in [2.75, 3.05) is 0 Å². The number of aliphatic hydroxyl groups excluding tert-OH is 2. The summed E-state index contributed by atoms with van der Waals surface area (Å²) in [5.74, 6) is 0. The lowest BCUT2D eigenvalue weighted by molar-refractivity contribution is -0.146. The molecular weight excluding hydrogens is 104 g/mol. The SMILES string of the molecule is CC1(C)C[C@H](O)[C@@H]1O. The topological polar surface area (TPSA) is 40.5 Å². The van der Waals surface area contributed by atoms with Crippen molar-refractivity contribution in [3.05, 3.63) is 0 Å². The van der Waals surface area contributed by atoms with Gasteiger partial charge in [0, 0.05) is 0 Å². The van der Waals surface area contributed by atoms with Crippen LogP contribution in [-0.4, -0.2) is 22.4 Å². The van der Waals surface area contributed by atoms with Gasteiger partial charge in [-0.05, 0) is 11.8 Å². The van der Waals surface area contributed by atoms with Gasteiger partial charge in [-0.2, -0.15) is 0 Å². The van der Waals surface area contributed by atoms with Gasteiger partial charge < -0.3 is 10.2 Å². The molecule has 8 heavy (non-hydrogen) atoms. The van der Waals surface area contributed by atoms with Gasteiger partial charge >= 0.3 is 0 Å². The molecule has 1 fully saturated rings. The second-order valence-electron chi connectivity index (χ2n) is 3.20. The molecule has 0 unspecified atom stereocenters. The van der Waals surface area contributed by atoms with Gasteiger partial charge in [-0.25, -0.2) is 0 Å². The largest absolute Gasteiger partial charge is 0.390 e. The Bertz CT molecular complexity index is 98.7. The molecular formula is C6H12O2. The molecule has 1 aliphatic carbocycles. The Labute approximate surface area is 49.1 Å². The van der Waals surface area contributed by atoms with Crippen LogP contribution < -0.4 is 0 Å². The maximum atomic E-state index is 8.99. The predicted octanol–water partition coefficient (Wildman–Crippen LogP) is 0.138. The zero-order chi connectivity index (χ0) is 6.36. The summed E-state index contributed by atoms with van der Waals surface area (Å²) in [6.45, 7) is 3.90. The summed E-state index contributed by atoms with van der Waals surface area (Å²) in [7, 11) is 0.